The number of rotatable bonds is 37. The molecule has 0 saturated carbocycles. The fourth-order valence-electron chi connectivity index (χ4n) is 8.82. The highest BCUT2D eigenvalue weighted by Gasteiger charge is 2.40. The molecule has 1 aliphatic rings. The fourth-order valence-corrected chi connectivity index (χ4v) is 8.82. The largest absolute Gasteiger partial charge is 0.508 e. The van der Waals surface area contributed by atoms with Crippen LogP contribution in [0.5, 0.6) is 5.75 Å². The number of aliphatic carboxylic acids is 3. The number of aromatic hydroxyl groups is 1. The molecule has 1 aliphatic heterocycles. The van der Waals surface area contributed by atoms with Gasteiger partial charge in [-0.05, 0) is 49.8 Å². The molecule has 25 nitrogen and oxygen atoms in total. The number of nitrogens with zero attached hydrogens (tertiary/aromatic N) is 2. The van der Waals surface area contributed by atoms with Crippen LogP contribution in [0.1, 0.15) is 148 Å². The molecule has 78 heavy (non-hydrogen) atoms. The maximum Gasteiger partial charge on any atom is 0.326 e. The zero-order valence-corrected chi connectivity index (χ0v) is 45.1. The molecule has 1 aromatic carbocycles. The number of phenols is 1. The molecule has 0 spiro atoms. The van der Waals surface area contributed by atoms with E-state index < -0.39 is 133 Å². The number of carbonyl (C=O) groups is 11. The number of carboxylic acids is 3. The van der Waals surface area contributed by atoms with Crippen molar-refractivity contribution in [3.8, 4) is 5.75 Å². The van der Waals surface area contributed by atoms with E-state index in [1.54, 1.807) is 13.8 Å². The molecule has 8 amide bonds. The minimum absolute atomic E-state index is 0.0559. The minimum atomic E-state index is -1.84. The second-order valence-corrected chi connectivity index (χ2v) is 19.8. The van der Waals surface area contributed by atoms with Crippen LogP contribution in [0.2, 0.25) is 0 Å². The number of unbranched alkanes of at least 4 members (excludes halogenated alkanes) is 10. The molecular formula is C53H80N10O15. The average molecular weight is 1100 g/mol. The van der Waals surface area contributed by atoms with Gasteiger partial charge in [-0.1, -0.05) is 104 Å². The highest BCUT2D eigenvalue weighted by atomic mass is 16.4. The zero-order chi connectivity index (χ0) is 57.7. The van der Waals surface area contributed by atoms with Crippen molar-refractivity contribution in [3.63, 3.8) is 0 Å². The van der Waals surface area contributed by atoms with Gasteiger partial charge >= 0.3 is 17.9 Å². The van der Waals surface area contributed by atoms with Gasteiger partial charge in [0.2, 0.25) is 47.3 Å². The topological polar surface area (TPSA) is 385 Å². The van der Waals surface area contributed by atoms with E-state index in [0.717, 1.165) is 25.7 Å². The van der Waals surface area contributed by atoms with Crippen molar-refractivity contribution >= 4 is 65.2 Å². The highest BCUT2D eigenvalue weighted by Crippen LogP contribution is 2.21. The summed E-state index contributed by atoms with van der Waals surface area (Å²) in [5, 5.41) is 55.3. The van der Waals surface area contributed by atoms with Crippen LogP contribution in [-0.2, 0) is 65.6 Å². The van der Waals surface area contributed by atoms with E-state index in [1.165, 1.54) is 87.1 Å². The van der Waals surface area contributed by atoms with E-state index in [2.05, 4.69) is 54.1 Å². The number of nitrogens with one attached hydrogen (secondary N) is 8. The third-order valence-electron chi connectivity index (χ3n) is 13.5. The first-order chi connectivity index (χ1) is 37.1. The van der Waals surface area contributed by atoms with Gasteiger partial charge in [0.15, 0.2) is 0 Å². The lowest BCUT2D eigenvalue weighted by molar-refractivity contribution is -0.147. The molecule has 2 aromatic rings. The number of hydrogen-bond acceptors (Lipinski definition) is 13. The number of carboxylic acid groups (broad SMARTS) is 3. The Bertz CT molecular complexity index is 2320. The fraction of sp³-hybridized carbons (Fsp3) is 0.623. The number of carbonyl (C=O) groups excluding carboxylic acids is 8. The molecule has 0 unspecified atom stereocenters. The van der Waals surface area contributed by atoms with Crippen molar-refractivity contribution in [2.75, 3.05) is 13.1 Å². The molecule has 432 valence electrons. The normalized spacial score (nSPS) is 15.7. The van der Waals surface area contributed by atoms with Crippen molar-refractivity contribution in [1.29, 1.82) is 0 Å². The Morgan fingerprint density at radius 2 is 1.21 bits per heavy atom. The number of H-pyrrole nitrogens is 1. The van der Waals surface area contributed by atoms with Crippen LogP contribution >= 0.6 is 0 Å². The Balaban J connectivity index is 1.63. The van der Waals surface area contributed by atoms with Gasteiger partial charge in [0.05, 0.1) is 25.7 Å². The number of likely N-dealkylation sites (tertiary alicyclic amines) is 1. The maximum absolute atomic E-state index is 13.9. The van der Waals surface area contributed by atoms with E-state index in [4.69, 9.17) is 5.11 Å². The molecule has 0 bridgehead atoms. The monoisotopic (exact) mass is 1100 g/mol. The van der Waals surface area contributed by atoms with Crippen LogP contribution < -0.4 is 37.2 Å². The van der Waals surface area contributed by atoms with Crippen LogP contribution in [0, 0.1) is 5.92 Å². The van der Waals surface area contributed by atoms with Gasteiger partial charge in [-0.2, -0.15) is 0 Å². The molecular weight excluding hydrogens is 1020 g/mol. The Kier molecular flexibility index (Phi) is 28.4. The van der Waals surface area contributed by atoms with Crippen LogP contribution in [-0.4, -0.2) is 156 Å². The summed E-state index contributed by atoms with van der Waals surface area (Å²) >= 11 is 0. The smallest absolute Gasteiger partial charge is 0.326 e. The van der Waals surface area contributed by atoms with E-state index in [0.29, 0.717) is 30.5 Å². The van der Waals surface area contributed by atoms with E-state index in [1.807, 2.05) is 0 Å². The molecule has 2 heterocycles. The number of aromatic amines is 1. The van der Waals surface area contributed by atoms with Gasteiger partial charge in [0.1, 0.15) is 48.0 Å². The number of imidazole rings is 1. The SMILES string of the molecule is CCCCCCCCCCCCCC(=O)N[C@@H](Cc1cnc[nH]1)C(=O)N[C@@H](CC(=O)O)C(=O)N[C@@H](C)C(=O)N1CCC[C@H]1C(=O)N[C@H](C(=O)NCC(=O)N[C@@H](Cc1ccc(O)cc1)C(=O)N[C@@H](CC(=O)O)C(=O)O)[C@@H](C)CC. The lowest BCUT2D eigenvalue weighted by atomic mass is 9.97. The van der Waals surface area contributed by atoms with E-state index >= 15 is 0 Å². The van der Waals surface area contributed by atoms with Crippen LogP contribution in [0.25, 0.3) is 0 Å². The number of benzene rings is 1. The molecule has 0 radical (unpaired) electrons. The van der Waals surface area contributed by atoms with Gasteiger partial charge in [0.25, 0.3) is 0 Å². The van der Waals surface area contributed by atoms with E-state index in [9.17, 15) is 68.1 Å². The lowest BCUT2D eigenvalue weighted by Crippen LogP contribution is -2.59. The predicted molar refractivity (Wildman–Crippen MR) is 282 cm³/mol. The first-order valence-corrected chi connectivity index (χ1v) is 26.9. The standard InChI is InChI=1S/C53H80N10O15/c1-5-7-8-9-10-11-12-13-14-15-16-19-42(65)58-38(26-35-29-54-31-56-35)49(73)60-39(27-44(67)68)47(71)57-33(4)52(76)63-24-17-18-41(63)50(74)62-46(32(3)6-2)51(75)55-30-43(66)59-37(25-34-20-22-36(64)23-21-34)48(72)61-40(53(77)78)28-45(69)70/h20-23,29,31-33,37-41,46,64H,5-19,24-28,30H2,1-4H3,(H,54,56)(H,55,75)(H,57,71)(H,58,65)(H,59,66)(H,60,73)(H,61,72)(H,62,74)(H,67,68)(H,69,70)(H,77,78)/t32-,33-,37-,38-,39-,40-,41-,46-/m0/s1. The summed E-state index contributed by atoms with van der Waals surface area (Å²) < 4.78 is 0. The molecule has 12 N–H and O–H groups in total. The summed E-state index contributed by atoms with van der Waals surface area (Å²) in [5.74, 6) is -11.7. The second kappa shape index (κ2) is 34.2. The maximum atomic E-state index is 13.9. The van der Waals surface area contributed by atoms with Crippen molar-refractivity contribution in [2.24, 2.45) is 5.92 Å². The van der Waals surface area contributed by atoms with Crippen LogP contribution in [0.3, 0.4) is 0 Å². The van der Waals surface area contributed by atoms with Gasteiger partial charge in [-0.3, -0.25) is 47.9 Å². The number of hydrogen-bond donors (Lipinski definition) is 12. The van der Waals surface area contributed by atoms with Gasteiger partial charge in [-0.15, -0.1) is 0 Å². The first-order valence-electron chi connectivity index (χ1n) is 26.9. The molecule has 1 aromatic heterocycles. The Hall–Kier alpha value is -7.60. The lowest BCUT2D eigenvalue weighted by Gasteiger charge is -2.30. The summed E-state index contributed by atoms with van der Waals surface area (Å²) in [5.41, 5.74) is 0.905. The van der Waals surface area contributed by atoms with Crippen molar-refractivity contribution in [3.05, 3.63) is 48.0 Å². The molecule has 1 saturated heterocycles. The Morgan fingerprint density at radius 3 is 1.77 bits per heavy atom. The Morgan fingerprint density at radius 1 is 0.654 bits per heavy atom. The van der Waals surface area contributed by atoms with Crippen molar-refractivity contribution < 1.29 is 73.2 Å². The summed E-state index contributed by atoms with van der Waals surface area (Å²) in [4.78, 5) is 151. The number of amides is 8. The van der Waals surface area contributed by atoms with E-state index in [-0.39, 0.29) is 38.0 Å². The third-order valence-corrected chi connectivity index (χ3v) is 13.5. The molecule has 25 heteroatoms. The van der Waals surface area contributed by atoms with Crippen molar-refractivity contribution in [1.82, 2.24) is 52.1 Å². The van der Waals surface area contributed by atoms with Crippen molar-refractivity contribution in [2.45, 2.75) is 192 Å². The highest BCUT2D eigenvalue weighted by molar-refractivity contribution is 5.98. The zero-order valence-electron chi connectivity index (χ0n) is 45.1. The summed E-state index contributed by atoms with van der Waals surface area (Å²) in [6, 6.07) is -4.44. The number of phenolic OH excluding ortho intramolecular Hbond substituents is 1. The van der Waals surface area contributed by atoms with Gasteiger partial charge < -0.3 is 67.5 Å². The summed E-state index contributed by atoms with van der Waals surface area (Å²) in [6.45, 7) is 6.26. The van der Waals surface area contributed by atoms with Crippen LogP contribution in [0.15, 0.2) is 36.8 Å². The third kappa shape index (κ3) is 23.3. The van der Waals surface area contributed by atoms with Crippen LogP contribution in [0.4, 0.5) is 0 Å². The van der Waals surface area contributed by atoms with Gasteiger partial charge in [-0.25, -0.2) is 9.78 Å². The predicted octanol–water partition coefficient (Wildman–Crippen LogP) is 1.72. The summed E-state index contributed by atoms with van der Waals surface area (Å²) in [6.07, 6.45) is 13.7. The number of aromatic nitrogens is 2. The summed E-state index contributed by atoms with van der Waals surface area (Å²) in [7, 11) is 0. The first kappa shape index (κ1) is 64.7. The molecule has 8 atom stereocenters. The molecule has 0 aliphatic carbocycles. The molecule has 3 rings (SSSR count). The Labute approximate surface area is 454 Å². The average Bonchev–Trinajstić information content (AvgIpc) is 4.11. The second-order valence-electron chi connectivity index (χ2n) is 19.8. The molecule has 1 fully saturated rings. The quantitative estimate of drug-likeness (QED) is 0.0429. The minimum Gasteiger partial charge on any atom is -0.508 e. The van der Waals surface area contributed by atoms with Gasteiger partial charge in [0, 0.05) is 37.7 Å².